The van der Waals surface area contributed by atoms with Crippen LogP contribution in [0.1, 0.15) is 18.9 Å². The van der Waals surface area contributed by atoms with Gasteiger partial charge in [-0.1, -0.05) is 12.1 Å². The molecule has 1 aliphatic rings. The summed E-state index contributed by atoms with van der Waals surface area (Å²) in [5.41, 5.74) is 1.07. The molecule has 0 spiro atoms. The molecule has 0 aromatic heterocycles. The topological polar surface area (TPSA) is 30.3 Å². The molecular formula is C16H22FN3. The van der Waals surface area contributed by atoms with Crippen molar-refractivity contribution in [1.82, 2.24) is 9.80 Å². The standard InChI is InChI=1S/C16H22FN3/c1-14(5-6-15-3-2-4-16(17)13-15)20-11-9-19(8-7-18)10-12-20/h2-4,13-14H,5-6,8-12H2,1H3/t14-/m1/s1. The summed E-state index contributed by atoms with van der Waals surface area (Å²) in [6.45, 7) is 6.75. The lowest BCUT2D eigenvalue weighted by atomic mass is 10.0. The first-order chi connectivity index (χ1) is 9.69. The molecule has 3 nitrogen and oxygen atoms in total. The Morgan fingerprint density at radius 2 is 2.05 bits per heavy atom. The third kappa shape index (κ3) is 4.29. The summed E-state index contributed by atoms with van der Waals surface area (Å²) in [7, 11) is 0. The summed E-state index contributed by atoms with van der Waals surface area (Å²) in [6.07, 6.45) is 1.96. The molecule has 0 amide bonds. The number of halogens is 1. The molecule has 1 heterocycles. The molecule has 4 heteroatoms. The number of nitrogens with zero attached hydrogens (tertiary/aromatic N) is 3. The molecule has 0 N–H and O–H groups in total. The number of aryl methyl sites for hydroxylation is 1. The molecule has 20 heavy (non-hydrogen) atoms. The van der Waals surface area contributed by atoms with Gasteiger partial charge in [0.25, 0.3) is 0 Å². The number of hydrogen-bond donors (Lipinski definition) is 0. The van der Waals surface area contributed by atoms with Gasteiger partial charge in [-0.2, -0.15) is 5.26 Å². The van der Waals surface area contributed by atoms with E-state index in [-0.39, 0.29) is 5.82 Å². The lowest BCUT2D eigenvalue weighted by Crippen LogP contribution is -2.49. The Balaban J connectivity index is 1.76. The molecule has 0 aliphatic carbocycles. The first-order valence-corrected chi connectivity index (χ1v) is 7.27. The van der Waals surface area contributed by atoms with Crippen molar-refractivity contribution in [3.05, 3.63) is 35.6 Å². The fourth-order valence-corrected chi connectivity index (χ4v) is 2.71. The van der Waals surface area contributed by atoms with E-state index in [1.165, 1.54) is 6.07 Å². The van der Waals surface area contributed by atoms with E-state index in [1.807, 2.05) is 6.07 Å². The van der Waals surface area contributed by atoms with Crippen LogP contribution >= 0.6 is 0 Å². The molecule has 0 unspecified atom stereocenters. The Bertz CT molecular complexity index is 461. The van der Waals surface area contributed by atoms with Crippen LogP contribution < -0.4 is 0 Å². The highest BCUT2D eigenvalue weighted by molar-refractivity contribution is 5.16. The zero-order valence-corrected chi connectivity index (χ0v) is 12.1. The molecule has 0 radical (unpaired) electrons. The van der Waals surface area contributed by atoms with E-state index in [4.69, 9.17) is 5.26 Å². The minimum atomic E-state index is -0.153. The number of rotatable bonds is 5. The highest BCUT2D eigenvalue weighted by Crippen LogP contribution is 2.13. The largest absolute Gasteiger partial charge is 0.298 e. The maximum Gasteiger partial charge on any atom is 0.123 e. The van der Waals surface area contributed by atoms with Crippen LogP contribution in [-0.4, -0.2) is 48.6 Å². The average molecular weight is 275 g/mol. The SMILES string of the molecule is C[C@H](CCc1cccc(F)c1)N1CCN(CC#N)CC1. The van der Waals surface area contributed by atoms with E-state index < -0.39 is 0 Å². The Kier molecular flexibility index (Phi) is 5.51. The van der Waals surface area contributed by atoms with Gasteiger partial charge in [-0.3, -0.25) is 9.80 Å². The van der Waals surface area contributed by atoms with Gasteiger partial charge in [0, 0.05) is 32.2 Å². The Labute approximate surface area is 120 Å². The molecule has 1 fully saturated rings. The molecule has 1 aromatic carbocycles. The molecule has 1 saturated heterocycles. The van der Waals surface area contributed by atoms with Crippen molar-refractivity contribution in [2.24, 2.45) is 0 Å². The predicted octanol–water partition coefficient (Wildman–Crippen LogP) is 2.29. The quantitative estimate of drug-likeness (QED) is 0.772. The Morgan fingerprint density at radius 3 is 2.70 bits per heavy atom. The second-order valence-electron chi connectivity index (χ2n) is 5.49. The van der Waals surface area contributed by atoms with Gasteiger partial charge < -0.3 is 0 Å². The van der Waals surface area contributed by atoms with Crippen LogP contribution in [0.3, 0.4) is 0 Å². The van der Waals surface area contributed by atoms with Crippen LogP contribution in [0.15, 0.2) is 24.3 Å². The first-order valence-electron chi connectivity index (χ1n) is 7.27. The van der Waals surface area contributed by atoms with Gasteiger partial charge in [-0.25, -0.2) is 4.39 Å². The smallest absolute Gasteiger partial charge is 0.123 e. The molecule has 0 bridgehead atoms. The average Bonchev–Trinajstić information content (AvgIpc) is 2.46. The van der Waals surface area contributed by atoms with Crippen LogP contribution in [0.5, 0.6) is 0 Å². The maximum absolute atomic E-state index is 13.1. The van der Waals surface area contributed by atoms with Crippen molar-refractivity contribution < 1.29 is 4.39 Å². The monoisotopic (exact) mass is 275 g/mol. The van der Waals surface area contributed by atoms with Gasteiger partial charge in [0.1, 0.15) is 5.82 Å². The van der Waals surface area contributed by atoms with E-state index in [0.29, 0.717) is 12.6 Å². The van der Waals surface area contributed by atoms with Crippen LogP contribution in [0.2, 0.25) is 0 Å². The van der Waals surface area contributed by atoms with Crippen molar-refractivity contribution in [2.75, 3.05) is 32.7 Å². The fraction of sp³-hybridized carbons (Fsp3) is 0.562. The highest BCUT2D eigenvalue weighted by atomic mass is 19.1. The summed E-state index contributed by atoms with van der Waals surface area (Å²) < 4.78 is 13.1. The van der Waals surface area contributed by atoms with Crippen LogP contribution in [0.4, 0.5) is 4.39 Å². The summed E-state index contributed by atoms with van der Waals surface area (Å²) in [5.74, 6) is -0.153. The molecule has 2 rings (SSSR count). The zero-order chi connectivity index (χ0) is 14.4. The lowest BCUT2D eigenvalue weighted by molar-refractivity contribution is 0.107. The van der Waals surface area contributed by atoms with Gasteiger partial charge in [0.05, 0.1) is 12.6 Å². The number of nitriles is 1. The van der Waals surface area contributed by atoms with Crippen LogP contribution in [0, 0.1) is 17.1 Å². The molecule has 1 aromatic rings. The van der Waals surface area contributed by atoms with E-state index >= 15 is 0 Å². The number of piperazine rings is 1. The number of hydrogen-bond acceptors (Lipinski definition) is 3. The molecule has 0 saturated carbocycles. The highest BCUT2D eigenvalue weighted by Gasteiger charge is 2.20. The van der Waals surface area contributed by atoms with Crippen LogP contribution in [-0.2, 0) is 6.42 Å². The van der Waals surface area contributed by atoms with Gasteiger partial charge in [-0.05, 0) is 37.5 Å². The summed E-state index contributed by atoms with van der Waals surface area (Å²) >= 11 is 0. The Hall–Kier alpha value is -1.44. The van der Waals surface area contributed by atoms with Gasteiger partial charge in [-0.15, -0.1) is 0 Å². The van der Waals surface area contributed by atoms with Crippen molar-refractivity contribution in [3.8, 4) is 6.07 Å². The molecular weight excluding hydrogens is 253 g/mol. The summed E-state index contributed by atoms with van der Waals surface area (Å²) in [5, 5.41) is 8.69. The second kappa shape index (κ2) is 7.37. The van der Waals surface area contributed by atoms with Gasteiger partial charge >= 0.3 is 0 Å². The normalized spacial score (nSPS) is 18.6. The second-order valence-corrected chi connectivity index (χ2v) is 5.49. The third-order valence-corrected chi connectivity index (χ3v) is 4.06. The molecule has 1 atom stereocenters. The molecule has 108 valence electrons. The van der Waals surface area contributed by atoms with Gasteiger partial charge in [0.2, 0.25) is 0 Å². The van der Waals surface area contributed by atoms with E-state index in [0.717, 1.165) is 44.6 Å². The number of benzene rings is 1. The van der Waals surface area contributed by atoms with Crippen molar-refractivity contribution in [2.45, 2.75) is 25.8 Å². The van der Waals surface area contributed by atoms with E-state index in [1.54, 1.807) is 12.1 Å². The minimum absolute atomic E-state index is 0.153. The minimum Gasteiger partial charge on any atom is -0.298 e. The summed E-state index contributed by atoms with van der Waals surface area (Å²) in [4.78, 5) is 4.66. The summed E-state index contributed by atoms with van der Waals surface area (Å²) in [6, 6.07) is 9.58. The Morgan fingerprint density at radius 1 is 1.30 bits per heavy atom. The lowest BCUT2D eigenvalue weighted by Gasteiger charge is -2.37. The maximum atomic E-state index is 13.1. The van der Waals surface area contributed by atoms with Crippen molar-refractivity contribution in [3.63, 3.8) is 0 Å². The van der Waals surface area contributed by atoms with Gasteiger partial charge in [0.15, 0.2) is 0 Å². The van der Waals surface area contributed by atoms with Crippen molar-refractivity contribution in [1.29, 1.82) is 5.26 Å². The fourth-order valence-electron chi connectivity index (χ4n) is 2.71. The predicted molar refractivity (Wildman–Crippen MR) is 77.8 cm³/mol. The van der Waals surface area contributed by atoms with E-state index in [2.05, 4.69) is 22.8 Å². The van der Waals surface area contributed by atoms with Crippen LogP contribution in [0.25, 0.3) is 0 Å². The third-order valence-electron chi connectivity index (χ3n) is 4.06. The first kappa shape index (κ1) is 15.0. The van der Waals surface area contributed by atoms with E-state index in [9.17, 15) is 4.39 Å². The van der Waals surface area contributed by atoms with Crippen molar-refractivity contribution >= 4 is 0 Å². The molecule has 1 aliphatic heterocycles. The zero-order valence-electron chi connectivity index (χ0n) is 12.1.